The molecule has 3 atom stereocenters. The standard InChI is InChI=1S/C29H32Cl2N2O2/c30-26-7-3-19(15-27(26)31)14-21-4-5-22(16-25(21)18-34)20-9-12-33(13-10-20)29(35)24-6-8-28-23(17-24)2-1-11-32-28/h1-3,6-8,11,15,17,20-22,25,34H,4-5,9-10,12-14,16,18H2. The zero-order valence-corrected chi connectivity index (χ0v) is 21.4. The van der Waals surface area contributed by atoms with Gasteiger partial charge in [-0.3, -0.25) is 9.78 Å². The van der Waals surface area contributed by atoms with Crippen molar-refractivity contribution in [2.45, 2.75) is 38.5 Å². The third-order valence-corrected chi connectivity index (χ3v) is 8.98. The van der Waals surface area contributed by atoms with E-state index in [0.717, 1.165) is 61.7 Å². The van der Waals surface area contributed by atoms with Crippen LogP contribution in [0, 0.1) is 23.7 Å². The summed E-state index contributed by atoms with van der Waals surface area (Å²) < 4.78 is 0. The van der Waals surface area contributed by atoms with E-state index in [2.05, 4.69) is 4.98 Å². The fraction of sp³-hybridized carbons (Fsp3) is 0.448. The predicted molar refractivity (Wildman–Crippen MR) is 142 cm³/mol. The lowest BCUT2D eigenvalue weighted by molar-refractivity contribution is 0.0488. The minimum atomic E-state index is 0.118. The molecule has 0 bridgehead atoms. The summed E-state index contributed by atoms with van der Waals surface area (Å²) in [6.07, 6.45) is 8.18. The third-order valence-electron chi connectivity index (χ3n) is 8.24. The first-order chi connectivity index (χ1) is 17.0. The molecule has 2 aliphatic rings. The summed E-state index contributed by atoms with van der Waals surface area (Å²) in [5.74, 6) is 2.15. The summed E-state index contributed by atoms with van der Waals surface area (Å²) >= 11 is 12.3. The van der Waals surface area contributed by atoms with Gasteiger partial charge in [0.15, 0.2) is 0 Å². The number of piperidine rings is 1. The van der Waals surface area contributed by atoms with Gasteiger partial charge in [0.1, 0.15) is 0 Å². The average molecular weight is 511 g/mol. The van der Waals surface area contributed by atoms with Gasteiger partial charge in [-0.05, 0) is 104 Å². The Labute approximate surface area is 217 Å². The van der Waals surface area contributed by atoms with E-state index >= 15 is 0 Å². The molecule has 1 aromatic heterocycles. The number of carbonyl (C=O) groups is 1. The zero-order valence-electron chi connectivity index (χ0n) is 19.9. The molecule has 5 rings (SSSR count). The molecule has 35 heavy (non-hydrogen) atoms. The number of fused-ring (bicyclic) bond motifs is 1. The van der Waals surface area contributed by atoms with E-state index in [1.54, 1.807) is 6.20 Å². The zero-order chi connectivity index (χ0) is 24.4. The Hall–Kier alpha value is -2.14. The molecule has 1 amide bonds. The minimum absolute atomic E-state index is 0.118. The summed E-state index contributed by atoms with van der Waals surface area (Å²) in [6.45, 7) is 1.85. The molecule has 2 aromatic carbocycles. The molecule has 2 heterocycles. The first-order valence-corrected chi connectivity index (χ1v) is 13.5. The largest absolute Gasteiger partial charge is 0.396 e. The highest BCUT2D eigenvalue weighted by Gasteiger charge is 2.36. The van der Waals surface area contributed by atoms with Crippen molar-refractivity contribution in [2.75, 3.05) is 19.7 Å². The van der Waals surface area contributed by atoms with Gasteiger partial charge in [-0.15, -0.1) is 0 Å². The molecule has 4 nitrogen and oxygen atoms in total. The van der Waals surface area contributed by atoms with Gasteiger partial charge >= 0.3 is 0 Å². The van der Waals surface area contributed by atoms with Crippen LogP contribution < -0.4 is 0 Å². The Morgan fingerprint density at radius 3 is 2.54 bits per heavy atom. The Bertz CT molecular complexity index is 1190. The summed E-state index contributed by atoms with van der Waals surface area (Å²) in [6, 6.07) is 15.6. The van der Waals surface area contributed by atoms with E-state index in [1.165, 1.54) is 12.0 Å². The molecular formula is C29H32Cl2N2O2. The summed E-state index contributed by atoms with van der Waals surface area (Å²) in [5.41, 5.74) is 2.85. The minimum Gasteiger partial charge on any atom is -0.396 e. The molecule has 3 aromatic rings. The van der Waals surface area contributed by atoms with E-state index in [9.17, 15) is 9.90 Å². The smallest absolute Gasteiger partial charge is 0.253 e. The number of rotatable bonds is 5. The Balaban J connectivity index is 1.16. The van der Waals surface area contributed by atoms with Crippen molar-refractivity contribution in [2.24, 2.45) is 23.7 Å². The van der Waals surface area contributed by atoms with Gasteiger partial charge in [0.05, 0.1) is 15.6 Å². The maximum atomic E-state index is 13.1. The fourth-order valence-corrected chi connectivity index (χ4v) is 6.54. The summed E-state index contributed by atoms with van der Waals surface area (Å²) in [4.78, 5) is 19.5. The van der Waals surface area contributed by atoms with Crippen molar-refractivity contribution in [1.82, 2.24) is 9.88 Å². The van der Waals surface area contributed by atoms with Gasteiger partial charge in [-0.25, -0.2) is 0 Å². The lowest BCUT2D eigenvalue weighted by Crippen LogP contribution is -2.41. The van der Waals surface area contributed by atoms with Crippen molar-refractivity contribution in [3.63, 3.8) is 0 Å². The maximum absolute atomic E-state index is 13.1. The number of aliphatic hydroxyl groups excluding tert-OH is 1. The van der Waals surface area contributed by atoms with E-state index in [0.29, 0.717) is 33.7 Å². The van der Waals surface area contributed by atoms with Gasteiger partial charge in [-0.2, -0.15) is 0 Å². The van der Waals surface area contributed by atoms with E-state index < -0.39 is 0 Å². The Kier molecular flexibility index (Phi) is 7.62. The summed E-state index contributed by atoms with van der Waals surface area (Å²) in [5, 5.41) is 12.3. The van der Waals surface area contributed by atoms with Gasteiger partial charge in [0, 0.05) is 36.8 Å². The van der Waals surface area contributed by atoms with Crippen LogP contribution in [0.2, 0.25) is 10.0 Å². The second kappa shape index (κ2) is 10.9. The average Bonchev–Trinajstić information content (AvgIpc) is 2.90. The number of aliphatic hydroxyl groups is 1. The predicted octanol–water partition coefficient (Wildman–Crippen LogP) is 6.66. The number of carbonyl (C=O) groups excluding carboxylic acids is 1. The van der Waals surface area contributed by atoms with Crippen LogP contribution in [-0.2, 0) is 6.42 Å². The molecular weight excluding hydrogens is 479 g/mol. The quantitative estimate of drug-likeness (QED) is 0.417. The van der Waals surface area contributed by atoms with Crippen LogP contribution >= 0.6 is 23.2 Å². The van der Waals surface area contributed by atoms with Crippen LogP contribution in [0.1, 0.15) is 48.0 Å². The van der Waals surface area contributed by atoms with E-state index in [4.69, 9.17) is 23.2 Å². The first-order valence-electron chi connectivity index (χ1n) is 12.7. The van der Waals surface area contributed by atoms with Crippen LogP contribution in [0.5, 0.6) is 0 Å². The topological polar surface area (TPSA) is 53.4 Å². The first kappa shape index (κ1) is 24.5. The number of aromatic nitrogens is 1. The molecule has 3 unspecified atom stereocenters. The van der Waals surface area contributed by atoms with Gasteiger partial charge in [0.25, 0.3) is 5.91 Å². The van der Waals surface area contributed by atoms with Crippen molar-refractivity contribution in [1.29, 1.82) is 0 Å². The van der Waals surface area contributed by atoms with E-state index in [1.807, 2.05) is 53.4 Å². The number of pyridine rings is 1. The lowest BCUT2D eigenvalue weighted by atomic mass is 9.67. The second-order valence-electron chi connectivity index (χ2n) is 10.3. The SMILES string of the molecule is O=C(c1ccc2ncccc2c1)N1CCC(C2CCC(Cc3ccc(Cl)c(Cl)c3)C(CO)C2)CC1. The van der Waals surface area contributed by atoms with E-state index in [-0.39, 0.29) is 12.5 Å². The monoisotopic (exact) mass is 510 g/mol. The highest BCUT2D eigenvalue weighted by atomic mass is 35.5. The Morgan fingerprint density at radius 1 is 0.943 bits per heavy atom. The number of likely N-dealkylation sites (tertiary alicyclic amines) is 1. The number of nitrogens with zero attached hydrogens (tertiary/aromatic N) is 2. The molecule has 0 radical (unpaired) electrons. The lowest BCUT2D eigenvalue weighted by Gasteiger charge is -2.42. The molecule has 2 fully saturated rings. The maximum Gasteiger partial charge on any atom is 0.253 e. The van der Waals surface area contributed by atoms with Crippen molar-refractivity contribution in [3.8, 4) is 0 Å². The van der Waals surface area contributed by atoms with Crippen LogP contribution in [0.25, 0.3) is 10.9 Å². The van der Waals surface area contributed by atoms with Gasteiger partial charge in [0.2, 0.25) is 0 Å². The second-order valence-corrected chi connectivity index (χ2v) is 11.1. The van der Waals surface area contributed by atoms with Crippen LogP contribution in [0.15, 0.2) is 54.7 Å². The highest BCUT2D eigenvalue weighted by molar-refractivity contribution is 6.42. The molecule has 1 saturated heterocycles. The molecule has 1 saturated carbocycles. The molecule has 0 spiro atoms. The van der Waals surface area contributed by atoms with Gasteiger partial charge in [-0.1, -0.05) is 35.3 Å². The number of amides is 1. The van der Waals surface area contributed by atoms with Crippen molar-refractivity contribution >= 4 is 40.0 Å². The van der Waals surface area contributed by atoms with Gasteiger partial charge < -0.3 is 10.0 Å². The normalized spacial score (nSPS) is 23.5. The highest BCUT2D eigenvalue weighted by Crippen LogP contribution is 2.42. The molecule has 1 N–H and O–H groups in total. The number of hydrogen-bond acceptors (Lipinski definition) is 3. The van der Waals surface area contributed by atoms with Crippen molar-refractivity contribution < 1.29 is 9.90 Å². The number of hydrogen-bond donors (Lipinski definition) is 1. The molecule has 1 aliphatic carbocycles. The molecule has 1 aliphatic heterocycles. The van der Waals surface area contributed by atoms with Crippen LogP contribution in [0.4, 0.5) is 0 Å². The Morgan fingerprint density at radius 2 is 1.77 bits per heavy atom. The van der Waals surface area contributed by atoms with Crippen LogP contribution in [0.3, 0.4) is 0 Å². The van der Waals surface area contributed by atoms with Crippen molar-refractivity contribution in [3.05, 3.63) is 75.9 Å². The summed E-state index contributed by atoms with van der Waals surface area (Å²) in [7, 11) is 0. The third kappa shape index (κ3) is 5.50. The fourth-order valence-electron chi connectivity index (χ4n) is 6.22. The molecule has 184 valence electrons. The van der Waals surface area contributed by atoms with Crippen LogP contribution in [-0.4, -0.2) is 40.6 Å². The number of benzene rings is 2. The number of halogens is 2. The molecule has 6 heteroatoms.